The van der Waals surface area contributed by atoms with Gasteiger partial charge in [0, 0.05) is 50.8 Å². The third-order valence-corrected chi connectivity index (χ3v) is 5.92. The van der Waals surface area contributed by atoms with E-state index in [1.807, 2.05) is 31.2 Å². The summed E-state index contributed by atoms with van der Waals surface area (Å²) in [6.45, 7) is 7.98. The van der Waals surface area contributed by atoms with Gasteiger partial charge in [-0.25, -0.2) is 9.97 Å². The molecular weight excluding hydrogens is 426 g/mol. The Balaban J connectivity index is 1.88. The molecular formula is C22H35N7O2S. The molecule has 0 radical (unpaired) electrons. The van der Waals surface area contributed by atoms with E-state index in [0.717, 1.165) is 4.91 Å². The number of amides is 2. The minimum Gasteiger partial charge on any atom is -0.368 e. The minimum atomic E-state index is -0.581. The Morgan fingerprint density at radius 3 is 2.56 bits per heavy atom. The lowest BCUT2D eigenvalue weighted by molar-refractivity contribution is -0.134. The highest BCUT2D eigenvalue weighted by molar-refractivity contribution is 7.84. The van der Waals surface area contributed by atoms with E-state index in [2.05, 4.69) is 45.2 Å². The van der Waals surface area contributed by atoms with Crippen LogP contribution in [0.4, 0.5) is 11.6 Å². The second-order valence-corrected chi connectivity index (χ2v) is 8.38. The zero-order chi connectivity index (χ0) is 23.7. The van der Waals surface area contributed by atoms with E-state index in [0.29, 0.717) is 42.9 Å². The first-order chi connectivity index (χ1) is 15.2. The lowest BCUT2D eigenvalue weighted by Crippen LogP contribution is -2.46. The number of likely N-dealkylation sites (N-methyl/N-ethyl adjacent to an activating group) is 1. The second kappa shape index (κ2) is 12.3. The maximum atomic E-state index is 12.2. The molecule has 1 aliphatic carbocycles. The molecule has 1 aromatic rings. The summed E-state index contributed by atoms with van der Waals surface area (Å²) >= 11 is 4.61. The predicted molar refractivity (Wildman–Crippen MR) is 131 cm³/mol. The molecule has 0 spiro atoms. The van der Waals surface area contributed by atoms with Crippen molar-refractivity contribution in [2.75, 3.05) is 37.9 Å². The Hall–Kier alpha value is -2.75. The van der Waals surface area contributed by atoms with E-state index < -0.39 is 6.04 Å². The Morgan fingerprint density at radius 1 is 1.28 bits per heavy atom. The Morgan fingerprint density at radius 2 is 1.97 bits per heavy atom. The first-order valence-corrected chi connectivity index (χ1v) is 11.4. The molecule has 2 rings (SSSR count). The largest absolute Gasteiger partial charge is 0.368 e. The van der Waals surface area contributed by atoms with E-state index in [4.69, 9.17) is 0 Å². The molecule has 0 aromatic carbocycles. The van der Waals surface area contributed by atoms with E-state index >= 15 is 0 Å². The Labute approximate surface area is 196 Å². The molecule has 1 saturated carbocycles. The van der Waals surface area contributed by atoms with Gasteiger partial charge in [-0.3, -0.25) is 20.0 Å². The molecule has 0 bridgehead atoms. The van der Waals surface area contributed by atoms with Gasteiger partial charge in [0.05, 0.1) is 0 Å². The van der Waals surface area contributed by atoms with Gasteiger partial charge < -0.3 is 15.5 Å². The third kappa shape index (κ3) is 7.44. The van der Waals surface area contributed by atoms with Gasteiger partial charge in [-0.1, -0.05) is 19.9 Å². The van der Waals surface area contributed by atoms with Crippen LogP contribution in [-0.2, 0) is 16.0 Å². The quantitative estimate of drug-likeness (QED) is 0.164. The number of nitrogens with one attached hydrogen (secondary N) is 3. The Kier molecular flexibility index (Phi) is 9.83. The molecule has 1 aromatic heterocycles. The number of nitrogens with zero attached hydrogens (tertiary/aromatic N) is 4. The van der Waals surface area contributed by atoms with Gasteiger partial charge >= 0.3 is 0 Å². The summed E-state index contributed by atoms with van der Waals surface area (Å²) in [6.07, 6.45) is 7.53. The Bertz CT molecular complexity index is 842. The summed E-state index contributed by atoms with van der Waals surface area (Å²) in [7, 11) is 3.49. The first-order valence-electron chi connectivity index (χ1n) is 10.9. The van der Waals surface area contributed by atoms with E-state index in [9.17, 15) is 9.59 Å². The number of aromatic nitrogens is 2. The molecule has 2 amide bonds. The average Bonchev–Trinajstić information content (AvgIpc) is 2.73. The molecule has 176 valence electrons. The first kappa shape index (κ1) is 25.5. The van der Waals surface area contributed by atoms with E-state index in [1.165, 1.54) is 30.2 Å². The van der Waals surface area contributed by atoms with Gasteiger partial charge in [-0.15, -0.1) is 12.6 Å². The number of carbonyl (C=O) groups excluding carboxylic acids is 2. The average molecular weight is 462 g/mol. The number of rotatable bonds is 12. The van der Waals surface area contributed by atoms with Crippen LogP contribution >= 0.6 is 12.6 Å². The van der Waals surface area contributed by atoms with Gasteiger partial charge in [-0.05, 0) is 31.8 Å². The summed E-state index contributed by atoms with van der Waals surface area (Å²) in [5.41, 5.74) is 3.24. The normalized spacial score (nSPS) is 14.7. The van der Waals surface area contributed by atoms with Gasteiger partial charge in [0.1, 0.15) is 23.5 Å². The van der Waals surface area contributed by atoms with Crippen molar-refractivity contribution >= 4 is 36.1 Å². The van der Waals surface area contributed by atoms with E-state index in [-0.39, 0.29) is 11.8 Å². The van der Waals surface area contributed by atoms with Crippen LogP contribution in [0.5, 0.6) is 0 Å². The predicted octanol–water partition coefficient (Wildman–Crippen LogP) is 2.43. The van der Waals surface area contributed by atoms with Gasteiger partial charge in [0.15, 0.2) is 0 Å². The lowest BCUT2D eigenvalue weighted by atomic mass is 9.85. The zero-order valence-corrected chi connectivity index (χ0v) is 20.3. The fourth-order valence-corrected chi connectivity index (χ4v) is 3.49. The van der Waals surface area contributed by atoms with Crippen LogP contribution in [0.3, 0.4) is 0 Å². The molecule has 1 heterocycles. The summed E-state index contributed by atoms with van der Waals surface area (Å²) in [4.78, 5) is 35.3. The molecule has 1 aliphatic rings. The smallest absolute Gasteiger partial charge is 0.246 e. The number of hydrazine groups is 1. The molecule has 32 heavy (non-hydrogen) atoms. The lowest BCUT2D eigenvalue weighted by Gasteiger charge is -2.27. The van der Waals surface area contributed by atoms with Crippen molar-refractivity contribution < 1.29 is 9.59 Å². The maximum absolute atomic E-state index is 12.2. The highest BCUT2D eigenvalue weighted by Gasteiger charge is 2.21. The molecule has 0 aliphatic heterocycles. The van der Waals surface area contributed by atoms with E-state index in [1.54, 1.807) is 14.0 Å². The van der Waals surface area contributed by atoms with Crippen molar-refractivity contribution in [3.05, 3.63) is 35.7 Å². The number of anilines is 2. The fraction of sp³-hybridized carbons (Fsp3) is 0.545. The van der Waals surface area contributed by atoms with Crippen molar-refractivity contribution in [2.45, 2.75) is 45.6 Å². The van der Waals surface area contributed by atoms with Crippen LogP contribution < -0.4 is 16.1 Å². The van der Waals surface area contributed by atoms with Crippen LogP contribution in [0.25, 0.3) is 0 Å². The number of thiol groups is 1. The van der Waals surface area contributed by atoms with Crippen LogP contribution in [0.15, 0.2) is 29.8 Å². The molecule has 0 unspecified atom stereocenters. The summed E-state index contributed by atoms with van der Waals surface area (Å²) in [6, 6.07) is 1.24. The number of hydrogen-bond acceptors (Lipinski definition) is 8. The molecule has 3 N–H and O–H groups in total. The van der Waals surface area contributed by atoms with Gasteiger partial charge in [0.25, 0.3) is 0 Å². The standard InChI is InChI=1S/C22H35N7O2S/c1-6-18-25-19(23-11-12-24-22(31)15(3)29(5)21(30)7-2)13-20(26-18)27-28(4)14-17(32)16-9-8-10-16/h7,13-16,32H,2,6,8-12H2,1,3-5H3,(H,24,31)(H2,23,25,26,27)/b17-14-/t15-/m0/s1. The van der Waals surface area contributed by atoms with Crippen molar-refractivity contribution in [2.24, 2.45) is 5.92 Å². The van der Waals surface area contributed by atoms with Crippen molar-refractivity contribution in [1.82, 2.24) is 25.2 Å². The summed E-state index contributed by atoms with van der Waals surface area (Å²) in [5.74, 6) is 2.09. The minimum absolute atomic E-state index is 0.230. The monoisotopic (exact) mass is 461 g/mol. The van der Waals surface area contributed by atoms with Crippen molar-refractivity contribution in [3.8, 4) is 0 Å². The topological polar surface area (TPSA) is 102 Å². The number of carbonyl (C=O) groups is 2. The highest BCUT2D eigenvalue weighted by atomic mass is 32.1. The third-order valence-electron chi connectivity index (χ3n) is 5.44. The van der Waals surface area contributed by atoms with Crippen LogP contribution in [0.1, 0.15) is 38.9 Å². The fourth-order valence-electron chi connectivity index (χ4n) is 3.06. The summed E-state index contributed by atoms with van der Waals surface area (Å²) in [5, 5.41) is 7.89. The molecule has 1 fully saturated rings. The zero-order valence-electron chi connectivity index (χ0n) is 19.4. The summed E-state index contributed by atoms with van der Waals surface area (Å²) < 4.78 is 0. The van der Waals surface area contributed by atoms with Crippen molar-refractivity contribution in [3.63, 3.8) is 0 Å². The maximum Gasteiger partial charge on any atom is 0.246 e. The molecule has 9 nitrogen and oxygen atoms in total. The van der Waals surface area contributed by atoms with Crippen LogP contribution in [0.2, 0.25) is 0 Å². The number of hydrogen-bond donors (Lipinski definition) is 4. The molecule has 10 heteroatoms. The van der Waals surface area contributed by atoms with Crippen LogP contribution in [0, 0.1) is 5.92 Å². The van der Waals surface area contributed by atoms with Crippen LogP contribution in [-0.4, -0.2) is 64.9 Å². The SMILES string of the molecule is C=CC(=O)N(C)[C@@H](C)C(=O)NCCNc1cc(NN(C)/C=C(\S)C2CCC2)nc(CC)n1. The number of allylic oxidation sites excluding steroid dienone is 1. The van der Waals surface area contributed by atoms with Gasteiger partial charge in [0.2, 0.25) is 11.8 Å². The van der Waals surface area contributed by atoms with Gasteiger partial charge in [-0.2, -0.15) is 0 Å². The number of aryl methyl sites for hydroxylation is 1. The second-order valence-electron chi connectivity index (χ2n) is 7.86. The molecule has 1 atom stereocenters. The van der Waals surface area contributed by atoms with Crippen molar-refractivity contribution in [1.29, 1.82) is 0 Å². The highest BCUT2D eigenvalue weighted by Crippen LogP contribution is 2.34. The molecule has 0 saturated heterocycles.